The highest BCUT2D eigenvalue weighted by Crippen LogP contribution is 2.29. The van der Waals surface area contributed by atoms with Crippen LogP contribution in [0.4, 0.5) is 5.82 Å². The largest absolute Gasteiger partial charge is 0.378 e. The lowest BCUT2D eigenvalue weighted by Crippen LogP contribution is -2.42. The van der Waals surface area contributed by atoms with Gasteiger partial charge < -0.3 is 15.4 Å². The second-order valence-corrected chi connectivity index (χ2v) is 7.55. The molecule has 1 aromatic heterocycles. The molecule has 2 aliphatic heterocycles. The monoisotopic (exact) mass is 368 g/mol. The Hall–Kier alpha value is -2.18. The van der Waals surface area contributed by atoms with Crippen LogP contribution in [-0.4, -0.2) is 54.7 Å². The predicted octanol–water partition coefficient (Wildman–Crippen LogP) is 2.30. The van der Waals surface area contributed by atoms with Crippen LogP contribution >= 0.6 is 0 Å². The number of ether oxygens (including phenoxy) is 1. The molecule has 2 saturated heterocycles. The number of nitrogens with zero attached hydrogens (tertiary/aromatic N) is 3. The number of carbonyl (C=O) groups is 1. The summed E-state index contributed by atoms with van der Waals surface area (Å²) >= 11 is 0. The number of hydrogen-bond donors (Lipinski definition) is 1. The first-order valence-corrected chi connectivity index (χ1v) is 9.94. The molecule has 27 heavy (non-hydrogen) atoms. The minimum atomic E-state index is -0.211. The Balaban J connectivity index is 1.66. The van der Waals surface area contributed by atoms with Gasteiger partial charge in [-0.1, -0.05) is 24.6 Å². The van der Waals surface area contributed by atoms with Crippen molar-refractivity contribution in [1.29, 1.82) is 0 Å². The zero-order valence-corrected chi connectivity index (χ0v) is 15.8. The summed E-state index contributed by atoms with van der Waals surface area (Å²) in [6.07, 6.45) is 3.81. The van der Waals surface area contributed by atoms with E-state index in [0.717, 1.165) is 62.5 Å². The minimum Gasteiger partial charge on any atom is -0.378 e. The first-order valence-electron chi connectivity index (χ1n) is 9.94. The van der Waals surface area contributed by atoms with E-state index in [2.05, 4.69) is 34.1 Å². The number of para-hydroxylation sites is 1. The van der Waals surface area contributed by atoms with Gasteiger partial charge in [-0.15, -0.1) is 0 Å². The zero-order chi connectivity index (χ0) is 18.6. The van der Waals surface area contributed by atoms with Gasteiger partial charge >= 0.3 is 0 Å². The van der Waals surface area contributed by atoms with Crippen molar-refractivity contribution in [3.05, 3.63) is 35.9 Å². The molecule has 0 unspecified atom stereocenters. The molecule has 1 aromatic carbocycles. The topological polar surface area (TPSA) is 71.7 Å². The number of amides is 1. The van der Waals surface area contributed by atoms with E-state index in [0.29, 0.717) is 6.42 Å². The maximum absolute atomic E-state index is 11.5. The van der Waals surface area contributed by atoms with Crippen molar-refractivity contribution in [3.63, 3.8) is 0 Å². The molecule has 2 N–H and O–H groups in total. The fraction of sp³-hybridized carbons (Fsp3) is 0.524. The van der Waals surface area contributed by atoms with Gasteiger partial charge in [-0.2, -0.15) is 0 Å². The molecule has 2 fully saturated rings. The molecule has 144 valence electrons. The molecule has 2 aromatic rings. The smallest absolute Gasteiger partial charge is 0.218 e. The van der Waals surface area contributed by atoms with Crippen LogP contribution < -0.4 is 10.6 Å². The van der Waals surface area contributed by atoms with E-state index in [-0.39, 0.29) is 11.9 Å². The van der Waals surface area contributed by atoms with Crippen LogP contribution in [0.3, 0.4) is 0 Å². The Bertz CT molecular complexity index is 804. The Morgan fingerprint density at radius 1 is 1.19 bits per heavy atom. The van der Waals surface area contributed by atoms with Gasteiger partial charge in [-0.05, 0) is 31.5 Å². The van der Waals surface area contributed by atoms with E-state index in [1.54, 1.807) is 0 Å². The van der Waals surface area contributed by atoms with Crippen LogP contribution in [0.1, 0.15) is 31.2 Å². The molecule has 6 heteroatoms. The van der Waals surface area contributed by atoms with Gasteiger partial charge in [0.05, 0.1) is 18.7 Å². The Labute approximate surface area is 160 Å². The number of carbonyl (C=O) groups excluding carboxylic acids is 1. The highest BCUT2D eigenvalue weighted by Gasteiger charge is 2.26. The Kier molecular flexibility index (Phi) is 5.55. The molecule has 0 bridgehead atoms. The molecular weight excluding hydrogens is 340 g/mol. The van der Waals surface area contributed by atoms with E-state index in [4.69, 9.17) is 15.5 Å². The van der Waals surface area contributed by atoms with Crippen LogP contribution in [0.2, 0.25) is 0 Å². The van der Waals surface area contributed by atoms with Crippen molar-refractivity contribution in [2.24, 2.45) is 5.73 Å². The summed E-state index contributed by atoms with van der Waals surface area (Å²) in [6.45, 7) is 5.02. The number of nitrogens with two attached hydrogens (primary N) is 1. The van der Waals surface area contributed by atoms with Crippen LogP contribution in [0.25, 0.3) is 10.9 Å². The van der Waals surface area contributed by atoms with Gasteiger partial charge in [0.15, 0.2) is 0 Å². The molecule has 2 aliphatic rings. The lowest BCUT2D eigenvalue weighted by molar-refractivity contribution is -0.119. The van der Waals surface area contributed by atoms with Crippen LogP contribution in [-0.2, 0) is 16.1 Å². The van der Waals surface area contributed by atoms with Crippen LogP contribution in [0, 0.1) is 0 Å². The van der Waals surface area contributed by atoms with Crippen molar-refractivity contribution in [2.45, 2.75) is 38.3 Å². The van der Waals surface area contributed by atoms with E-state index in [1.807, 2.05) is 6.07 Å². The van der Waals surface area contributed by atoms with Gasteiger partial charge in [0.25, 0.3) is 0 Å². The van der Waals surface area contributed by atoms with Gasteiger partial charge in [0.2, 0.25) is 5.91 Å². The third-order valence-electron chi connectivity index (χ3n) is 5.65. The summed E-state index contributed by atoms with van der Waals surface area (Å²) in [4.78, 5) is 21.3. The summed E-state index contributed by atoms with van der Waals surface area (Å²) in [6, 6.07) is 10.8. The average molecular weight is 368 g/mol. The standard InChI is InChI=1S/C21H28N4O2/c22-20(26)14-18-6-3-4-8-25(18)15-17-13-16-5-1-2-7-19(16)23-21(17)24-9-11-27-12-10-24/h1-2,5,7,13,18H,3-4,6,8-12,14-15H2,(H2,22,26)/t18-/m0/s1. The van der Waals surface area contributed by atoms with E-state index >= 15 is 0 Å². The number of likely N-dealkylation sites (tertiary alicyclic amines) is 1. The molecule has 3 heterocycles. The maximum atomic E-state index is 11.5. The van der Waals surface area contributed by atoms with Crippen molar-refractivity contribution in [1.82, 2.24) is 9.88 Å². The number of benzene rings is 1. The number of primary amides is 1. The molecule has 0 radical (unpaired) electrons. The Morgan fingerprint density at radius 3 is 2.81 bits per heavy atom. The van der Waals surface area contributed by atoms with Crippen LogP contribution in [0.15, 0.2) is 30.3 Å². The average Bonchev–Trinajstić information content (AvgIpc) is 2.69. The summed E-state index contributed by atoms with van der Waals surface area (Å²) in [5.74, 6) is 0.845. The highest BCUT2D eigenvalue weighted by atomic mass is 16.5. The fourth-order valence-corrected chi connectivity index (χ4v) is 4.27. The number of hydrogen-bond acceptors (Lipinski definition) is 5. The maximum Gasteiger partial charge on any atom is 0.218 e. The number of rotatable bonds is 5. The summed E-state index contributed by atoms with van der Waals surface area (Å²) < 4.78 is 5.53. The van der Waals surface area contributed by atoms with Gasteiger partial charge in [0.1, 0.15) is 5.82 Å². The number of morpholine rings is 1. The summed E-state index contributed by atoms with van der Waals surface area (Å²) in [5, 5.41) is 1.16. The SMILES string of the molecule is NC(=O)C[C@@H]1CCCCN1Cc1cc2ccccc2nc1N1CCOCC1. The molecule has 0 aliphatic carbocycles. The number of fused-ring (bicyclic) bond motifs is 1. The lowest BCUT2D eigenvalue weighted by atomic mass is 9.98. The minimum absolute atomic E-state index is 0.211. The molecule has 1 amide bonds. The van der Waals surface area contributed by atoms with Gasteiger partial charge in [-0.25, -0.2) is 4.98 Å². The third-order valence-corrected chi connectivity index (χ3v) is 5.65. The summed E-state index contributed by atoms with van der Waals surface area (Å²) in [7, 11) is 0. The number of aromatic nitrogens is 1. The van der Waals surface area contributed by atoms with E-state index < -0.39 is 0 Å². The molecule has 4 rings (SSSR count). The molecular formula is C21H28N4O2. The van der Waals surface area contributed by atoms with Gasteiger partial charge in [0, 0.05) is 43.0 Å². The molecule has 0 saturated carbocycles. The second kappa shape index (κ2) is 8.23. The molecule has 6 nitrogen and oxygen atoms in total. The van der Waals surface area contributed by atoms with Crippen molar-refractivity contribution < 1.29 is 9.53 Å². The van der Waals surface area contributed by atoms with E-state index in [9.17, 15) is 4.79 Å². The number of anilines is 1. The number of pyridine rings is 1. The zero-order valence-electron chi connectivity index (χ0n) is 15.8. The second-order valence-electron chi connectivity index (χ2n) is 7.55. The molecule has 1 atom stereocenters. The van der Waals surface area contributed by atoms with Gasteiger partial charge in [-0.3, -0.25) is 9.69 Å². The fourth-order valence-electron chi connectivity index (χ4n) is 4.27. The first-order chi connectivity index (χ1) is 13.2. The lowest BCUT2D eigenvalue weighted by Gasteiger charge is -2.36. The van der Waals surface area contributed by atoms with Crippen molar-refractivity contribution in [3.8, 4) is 0 Å². The molecule has 0 spiro atoms. The number of piperidine rings is 1. The van der Waals surface area contributed by atoms with Crippen molar-refractivity contribution in [2.75, 3.05) is 37.7 Å². The highest BCUT2D eigenvalue weighted by molar-refractivity contribution is 5.82. The predicted molar refractivity (Wildman–Crippen MR) is 107 cm³/mol. The quantitative estimate of drug-likeness (QED) is 0.877. The Morgan fingerprint density at radius 2 is 2.00 bits per heavy atom. The summed E-state index contributed by atoms with van der Waals surface area (Å²) in [5.41, 5.74) is 7.75. The van der Waals surface area contributed by atoms with Crippen molar-refractivity contribution >= 4 is 22.6 Å². The van der Waals surface area contributed by atoms with E-state index in [1.165, 1.54) is 18.4 Å². The first kappa shape index (κ1) is 18.2. The third kappa shape index (κ3) is 4.22. The van der Waals surface area contributed by atoms with Crippen LogP contribution in [0.5, 0.6) is 0 Å². The normalized spacial score (nSPS) is 21.5.